The highest BCUT2D eigenvalue weighted by Gasteiger charge is 2.13. The average molecular weight is 235 g/mol. The van der Waals surface area contributed by atoms with Crippen molar-refractivity contribution in [1.82, 2.24) is 0 Å². The quantitative estimate of drug-likeness (QED) is 0.808. The van der Waals surface area contributed by atoms with Crippen LogP contribution in [-0.4, -0.2) is 25.5 Å². The van der Waals surface area contributed by atoms with E-state index in [4.69, 9.17) is 15.2 Å². The fourth-order valence-electron chi connectivity index (χ4n) is 1.74. The van der Waals surface area contributed by atoms with Crippen molar-refractivity contribution in [2.24, 2.45) is 5.73 Å². The van der Waals surface area contributed by atoms with Gasteiger partial charge in [-0.2, -0.15) is 0 Å². The number of benzene rings is 1. The summed E-state index contributed by atoms with van der Waals surface area (Å²) in [5.41, 5.74) is 6.06. The van der Waals surface area contributed by atoms with Gasteiger partial charge >= 0.3 is 0 Å². The molecule has 0 spiro atoms. The van der Waals surface area contributed by atoms with E-state index in [1.54, 1.807) is 18.2 Å². The monoisotopic (exact) mass is 235 g/mol. The SMILES string of the molecule is NCCCC(=O)c1ccc2c(c1)OCCCO2. The second-order valence-electron chi connectivity index (χ2n) is 4.03. The molecule has 0 amide bonds. The molecule has 4 nitrogen and oxygen atoms in total. The minimum Gasteiger partial charge on any atom is -0.490 e. The van der Waals surface area contributed by atoms with Crippen molar-refractivity contribution in [3.63, 3.8) is 0 Å². The van der Waals surface area contributed by atoms with Crippen molar-refractivity contribution < 1.29 is 14.3 Å². The highest BCUT2D eigenvalue weighted by Crippen LogP contribution is 2.30. The van der Waals surface area contributed by atoms with Gasteiger partial charge in [0.05, 0.1) is 13.2 Å². The lowest BCUT2D eigenvalue weighted by atomic mass is 10.1. The minimum absolute atomic E-state index is 0.103. The Bertz CT molecular complexity index is 404. The summed E-state index contributed by atoms with van der Waals surface area (Å²) in [6.07, 6.45) is 2.06. The third-order valence-corrected chi connectivity index (χ3v) is 2.68. The third kappa shape index (κ3) is 2.97. The van der Waals surface area contributed by atoms with Crippen LogP contribution in [0.2, 0.25) is 0 Å². The molecule has 1 aliphatic rings. The predicted molar refractivity (Wildman–Crippen MR) is 64.7 cm³/mol. The molecule has 0 radical (unpaired) electrons. The number of fused-ring (bicyclic) bond motifs is 1. The fraction of sp³-hybridized carbons (Fsp3) is 0.462. The van der Waals surface area contributed by atoms with E-state index in [-0.39, 0.29) is 5.78 Å². The lowest BCUT2D eigenvalue weighted by Gasteiger charge is -2.08. The number of Topliss-reactive ketones (excluding diaryl/α,β-unsaturated/α-hetero) is 1. The van der Waals surface area contributed by atoms with Gasteiger partial charge in [0.2, 0.25) is 0 Å². The minimum atomic E-state index is 0.103. The van der Waals surface area contributed by atoms with Crippen LogP contribution >= 0.6 is 0 Å². The topological polar surface area (TPSA) is 61.6 Å². The standard InChI is InChI=1S/C13H17NO3/c14-6-1-3-11(15)10-4-5-12-13(9-10)17-8-2-7-16-12/h4-5,9H,1-3,6-8,14H2. The normalized spacial score (nSPS) is 14.2. The van der Waals surface area contributed by atoms with E-state index in [9.17, 15) is 4.79 Å². The summed E-state index contributed by atoms with van der Waals surface area (Å²) in [5.74, 6) is 1.49. The Balaban J connectivity index is 2.14. The molecule has 1 heterocycles. The van der Waals surface area contributed by atoms with E-state index in [2.05, 4.69) is 0 Å². The summed E-state index contributed by atoms with van der Waals surface area (Å²) in [4.78, 5) is 11.8. The summed E-state index contributed by atoms with van der Waals surface area (Å²) >= 11 is 0. The van der Waals surface area contributed by atoms with Crippen LogP contribution < -0.4 is 15.2 Å². The van der Waals surface area contributed by atoms with Crippen LogP contribution in [0.25, 0.3) is 0 Å². The molecule has 92 valence electrons. The fourth-order valence-corrected chi connectivity index (χ4v) is 1.74. The molecule has 1 aromatic rings. The van der Waals surface area contributed by atoms with Crippen LogP contribution in [0.5, 0.6) is 11.5 Å². The molecular formula is C13H17NO3. The van der Waals surface area contributed by atoms with Crippen molar-refractivity contribution in [2.45, 2.75) is 19.3 Å². The number of ether oxygens (including phenoxy) is 2. The van der Waals surface area contributed by atoms with Crippen molar-refractivity contribution in [2.75, 3.05) is 19.8 Å². The van der Waals surface area contributed by atoms with E-state index >= 15 is 0 Å². The molecule has 0 saturated carbocycles. The molecule has 0 aromatic heterocycles. The van der Waals surface area contributed by atoms with Gasteiger partial charge in [0.15, 0.2) is 17.3 Å². The van der Waals surface area contributed by atoms with Crippen molar-refractivity contribution in [3.8, 4) is 11.5 Å². The lowest BCUT2D eigenvalue weighted by Crippen LogP contribution is -2.05. The van der Waals surface area contributed by atoms with Gasteiger partial charge in [0.25, 0.3) is 0 Å². The van der Waals surface area contributed by atoms with E-state index < -0.39 is 0 Å². The Labute approximate surface area is 101 Å². The summed E-state index contributed by atoms with van der Waals surface area (Å²) in [5, 5.41) is 0. The number of carbonyl (C=O) groups excluding carboxylic acids is 1. The molecule has 0 bridgehead atoms. The number of hydrogen-bond donors (Lipinski definition) is 1. The summed E-state index contributed by atoms with van der Waals surface area (Å²) in [6.45, 7) is 1.83. The van der Waals surface area contributed by atoms with Crippen molar-refractivity contribution in [3.05, 3.63) is 23.8 Å². The molecule has 1 aliphatic heterocycles. The molecule has 17 heavy (non-hydrogen) atoms. The van der Waals surface area contributed by atoms with E-state index in [0.29, 0.717) is 43.9 Å². The molecule has 0 fully saturated rings. The van der Waals surface area contributed by atoms with E-state index in [1.807, 2.05) is 0 Å². The highest BCUT2D eigenvalue weighted by molar-refractivity contribution is 5.96. The second kappa shape index (κ2) is 5.68. The zero-order chi connectivity index (χ0) is 12.1. The van der Waals surface area contributed by atoms with Crippen LogP contribution in [-0.2, 0) is 0 Å². The van der Waals surface area contributed by atoms with Gasteiger partial charge in [-0.05, 0) is 31.2 Å². The Hall–Kier alpha value is -1.55. The Kier molecular flexibility index (Phi) is 3.98. The Morgan fingerprint density at radius 2 is 2.00 bits per heavy atom. The maximum absolute atomic E-state index is 11.8. The van der Waals surface area contributed by atoms with Gasteiger partial charge in [0, 0.05) is 18.4 Å². The first kappa shape index (κ1) is 11.9. The van der Waals surface area contributed by atoms with E-state index in [1.165, 1.54) is 0 Å². The largest absolute Gasteiger partial charge is 0.490 e. The third-order valence-electron chi connectivity index (χ3n) is 2.68. The van der Waals surface area contributed by atoms with Crippen LogP contribution in [0, 0.1) is 0 Å². The van der Waals surface area contributed by atoms with Crippen molar-refractivity contribution >= 4 is 5.78 Å². The smallest absolute Gasteiger partial charge is 0.163 e. The first-order valence-electron chi connectivity index (χ1n) is 5.94. The van der Waals surface area contributed by atoms with Gasteiger partial charge in [-0.1, -0.05) is 0 Å². The number of carbonyl (C=O) groups is 1. The zero-order valence-corrected chi connectivity index (χ0v) is 9.78. The molecule has 0 atom stereocenters. The molecule has 2 rings (SSSR count). The second-order valence-corrected chi connectivity index (χ2v) is 4.03. The van der Waals surface area contributed by atoms with Gasteiger partial charge in [-0.3, -0.25) is 4.79 Å². The van der Waals surface area contributed by atoms with Gasteiger partial charge in [-0.15, -0.1) is 0 Å². The lowest BCUT2D eigenvalue weighted by molar-refractivity contribution is 0.0980. The summed E-state index contributed by atoms with van der Waals surface area (Å²) < 4.78 is 11.0. The molecule has 4 heteroatoms. The Morgan fingerprint density at radius 1 is 1.24 bits per heavy atom. The highest BCUT2D eigenvalue weighted by atomic mass is 16.5. The van der Waals surface area contributed by atoms with Crippen LogP contribution in [0.15, 0.2) is 18.2 Å². The average Bonchev–Trinajstić information content (AvgIpc) is 2.60. The first-order valence-corrected chi connectivity index (χ1v) is 5.94. The molecule has 0 aliphatic carbocycles. The number of hydrogen-bond acceptors (Lipinski definition) is 4. The number of rotatable bonds is 4. The zero-order valence-electron chi connectivity index (χ0n) is 9.78. The summed E-state index contributed by atoms with van der Waals surface area (Å²) in [7, 11) is 0. The Morgan fingerprint density at radius 3 is 2.76 bits per heavy atom. The van der Waals surface area contributed by atoms with Gasteiger partial charge < -0.3 is 15.2 Å². The van der Waals surface area contributed by atoms with Gasteiger partial charge in [-0.25, -0.2) is 0 Å². The van der Waals surface area contributed by atoms with Crippen molar-refractivity contribution in [1.29, 1.82) is 0 Å². The maximum atomic E-state index is 11.8. The molecule has 0 unspecified atom stereocenters. The molecule has 2 N–H and O–H groups in total. The maximum Gasteiger partial charge on any atom is 0.163 e. The first-order chi connectivity index (χ1) is 8.31. The molecule has 0 saturated heterocycles. The van der Waals surface area contributed by atoms with E-state index in [0.717, 1.165) is 12.2 Å². The summed E-state index contributed by atoms with van der Waals surface area (Å²) in [6, 6.07) is 5.35. The van der Waals surface area contributed by atoms with Crippen LogP contribution in [0.1, 0.15) is 29.6 Å². The number of ketones is 1. The van der Waals surface area contributed by atoms with Crippen LogP contribution in [0.3, 0.4) is 0 Å². The predicted octanol–water partition coefficient (Wildman–Crippen LogP) is 1.77. The molecular weight excluding hydrogens is 218 g/mol. The van der Waals surface area contributed by atoms with Crippen LogP contribution in [0.4, 0.5) is 0 Å². The number of nitrogens with two attached hydrogens (primary N) is 1. The molecule has 1 aromatic carbocycles. The van der Waals surface area contributed by atoms with Gasteiger partial charge in [0.1, 0.15) is 0 Å².